The van der Waals surface area contributed by atoms with Gasteiger partial charge in [-0.15, -0.1) is 24.2 Å². The molecule has 2 aliphatic rings. The van der Waals surface area contributed by atoms with E-state index in [0.29, 0.717) is 30.3 Å². The summed E-state index contributed by atoms with van der Waals surface area (Å²) in [6, 6.07) is 7.31. The van der Waals surface area contributed by atoms with Crippen molar-refractivity contribution in [3.63, 3.8) is 0 Å². The fourth-order valence-corrected chi connectivity index (χ4v) is 3.97. The highest BCUT2D eigenvalue weighted by atomic mass is 35.5. The van der Waals surface area contributed by atoms with Crippen molar-refractivity contribution in [2.45, 2.75) is 4.90 Å². The SMILES string of the molecule is Cl.O=C(C=Cc1ccco1)c1cc2c(cc1OCCN1CCOCC1)OCCS2. The zero-order chi connectivity index (χ0) is 19.2. The van der Waals surface area contributed by atoms with Crippen LogP contribution in [0.3, 0.4) is 0 Å². The smallest absolute Gasteiger partial charge is 0.189 e. The fraction of sp³-hybridized carbons (Fsp3) is 0.381. The van der Waals surface area contributed by atoms with Gasteiger partial charge in [0.25, 0.3) is 0 Å². The number of carbonyl (C=O) groups is 1. The van der Waals surface area contributed by atoms with Crippen molar-refractivity contribution < 1.29 is 23.4 Å². The van der Waals surface area contributed by atoms with Crippen LogP contribution < -0.4 is 9.47 Å². The Morgan fingerprint density at radius 2 is 2.10 bits per heavy atom. The Labute approximate surface area is 180 Å². The molecule has 3 heterocycles. The Hall–Kier alpha value is -1.93. The molecule has 2 aromatic rings. The summed E-state index contributed by atoms with van der Waals surface area (Å²) < 4.78 is 22.4. The van der Waals surface area contributed by atoms with E-state index >= 15 is 0 Å². The zero-order valence-electron chi connectivity index (χ0n) is 16.0. The first kappa shape index (κ1) is 21.8. The normalized spacial score (nSPS) is 16.7. The van der Waals surface area contributed by atoms with Gasteiger partial charge in [-0.3, -0.25) is 9.69 Å². The minimum Gasteiger partial charge on any atom is -0.491 e. The highest BCUT2D eigenvalue weighted by Gasteiger charge is 2.20. The van der Waals surface area contributed by atoms with E-state index in [-0.39, 0.29) is 18.2 Å². The lowest BCUT2D eigenvalue weighted by Crippen LogP contribution is -2.38. The van der Waals surface area contributed by atoms with Crippen molar-refractivity contribution >= 4 is 36.0 Å². The van der Waals surface area contributed by atoms with Gasteiger partial charge in [0, 0.05) is 31.5 Å². The molecule has 0 bridgehead atoms. The predicted octanol–water partition coefficient (Wildman–Crippen LogP) is 3.79. The number of morpholine rings is 1. The average Bonchev–Trinajstić information content (AvgIpc) is 3.26. The minimum absolute atomic E-state index is 0. The maximum absolute atomic E-state index is 12.8. The van der Waals surface area contributed by atoms with E-state index in [9.17, 15) is 4.79 Å². The van der Waals surface area contributed by atoms with Gasteiger partial charge in [-0.25, -0.2) is 0 Å². The molecule has 1 aromatic heterocycles. The third-order valence-corrected chi connectivity index (χ3v) is 5.62. The summed E-state index contributed by atoms with van der Waals surface area (Å²) in [5.41, 5.74) is 0.543. The quantitative estimate of drug-likeness (QED) is 0.482. The zero-order valence-corrected chi connectivity index (χ0v) is 17.6. The lowest BCUT2D eigenvalue weighted by atomic mass is 10.1. The summed E-state index contributed by atoms with van der Waals surface area (Å²) in [5, 5.41) is 0. The maximum Gasteiger partial charge on any atom is 0.189 e. The summed E-state index contributed by atoms with van der Waals surface area (Å²) in [6.07, 6.45) is 4.77. The van der Waals surface area contributed by atoms with Crippen molar-refractivity contribution in [2.24, 2.45) is 0 Å². The molecular formula is C21H24ClNO5S. The van der Waals surface area contributed by atoms with Gasteiger partial charge in [0.1, 0.15) is 23.9 Å². The number of benzene rings is 1. The van der Waals surface area contributed by atoms with Gasteiger partial charge in [0.15, 0.2) is 5.78 Å². The molecule has 1 aromatic carbocycles. The summed E-state index contributed by atoms with van der Waals surface area (Å²) >= 11 is 1.69. The van der Waals surface area contributed by atoms with Crippen LogP contribution in [0.5, 0.6) is 11.5 Å². The number of fused-ring (bicyclic) bond motifs is 1. The Morgan fingerprint density at radius 3 is 2.90 bits per heavy atom. The van der Waals surface area contributed by atoms with Crippen LogP contribution in [0.4, 0.5) is 0 Å². The van der Waals surface area contributed by atoms with E-state index in [4.69, 9.17) is 18.6 Å². The van der Waals surface area contributed by atoms with Crippen molar-refractivity contribution in [2.75, 3.05) is 51.8 Å². The summed E-state index contributed by atoms with van der Waals surface area (Å²) in [7, 11) is 0. The Bertz CT molecular complexity index is 834. The highest BCUT2D eigenvalue weighted by molar-refractivity contribution is 7.99. The molecule has 1 saturated heterocycles. The second-order valence-corrected chi connectivity index (χ2v) is 7.64. The number of hydrogen-bond acceptors (Lipinski definition) is 7. The third kappa shape index (κ3) is 5.79. The molecule has 0 saturated carbocycles. The van der Waals surface area contributed by atoms with Crippen molar-refractivity contribution in [1.82, 2.24) is 4.90 Å². The molecule has 0 N–H and O–H groups in total. The number of rotatable bonds is 7. The van der Waals surface area contributed by atoms with Crippen LogP contribution in [0.25, 0.3) is 6.08 Å². The summed E-state index contributed by atoms with van der Waals surface area (Å²) in [6.45, 7) is 5.29. The summed E-state index contributed by atoms with van der Waals surface area (Å²) in [5.74, 6) is 2.73. The number of furan rings is 1. The first-order valence-electron chi connectivity index (χ1n) is 9.42. The number of ketones is 1. The van der Waals surface area contributed by atoms with E-state index < -0.39 is 0 Å². The van der Waals surface area contributed by atoms with Crippen LogP contribution in [0.15, 0.2) is 45.9 Å². The second kappa shape index (κ2) is 10.7. The molecule has 2 aliphatic heterocycles. The molecule has 156 valence electrons. The van der Waals surface area contributed by atoms with Crippen LogP contribution >= 0.6 is 24.2 Å². The standard InChI is InChI=1S/C21H23NO5S.ClH/c23-18(4-3-16-2-1-8-25-16)17-14-21-20(27-12-13-28-21)15-19(17)26-11-7-22-5-9-24-10-6-22;/h1-4,8,14-15H,5-7,9-13H2;1H. The molecule has 8 heteroatoms. The second-order valence-electron chi connectivity index (χ2n) is 6.51. The molecule has 0 unspecified atom stereocenters. The number of halogens is 1. The molecule has 29 heavy (non-hydrogen) atoms. The van der Waals surface area contributed by atoms with Crippen molar-refractivity contribution in [3.05, 3.63) is 47.9 Å². The molecule has 0 amide bonds. The lowest BCUT2D eigenvalue weighted by molar-refractivity contribution is 0.0322. The molecule has 6 nitrogen and oxygen atoms in total. The number of hydrogen-bond donors (Lipinski definition) is 0. The van der Waals surface area contributed by atoms with E-state index in [0.717, 1.165) is 49.2 Å². The molecule has 0 radical (unpaired) electrons. The number of allylic oxidation sites excluding steroid dienone is 1. The van der Waals surface area contributed by atoms with Gasteiger partial charge in [-0.1, -0.05) is 0 Å². The number of nitrogens with zero attached hydrogens (tertiary/aromatic N) is 1. The van der Waals surface area contributed by atoms with Crippen LogP contribution in [-0.2, 0) is 4.74 Å². The molecule has 0 aliphatic carbocycles. The Kier molecular flexibility index (Phi) is 8.06. The largest absolute Gasteiger partial charge is 0.491 e. The van der Waals surface area contributed by atoms with E-state index in [1.165, 1.54) is 6.08 Å². The number of ether oxygens (including phenoxy) is 3. The molecule has 0 spiro atoms. The van der Waals surface area contributed by atoms with Crippen LogP contribution in [0.2, 0.25) is 0 Å². The monoisotopic (exact) mass is 437 g/mol. The van der Waals surface area contributed by atoms with Crippen molar-refractivity contribution in [1.29, 1.82) is 0 Å². The van der Waals surface area contributed by atoms with E-state index in [1.807, 2.05) is 12.1 Å². The maximum atomic E-state index is 12.8. The van der Waals surface area contributed by atoms with Gasteiger partial charge in [-0.2, -0.15) is 0 Å². The third-order valence-electron chi connectivity index (χ3n) is 4.62. The van der Waals surface area contributed by atoms with Crippen LogP contribution in [-0.4, -0.2) is 62.5 Å². The number of thioether (sulfide) groups is 1. The van der Waals surface area contributed by atoms with Gasteiger partial charge in [-0.05, 0) is 30.4 Å². The highest BCUT2D eigenvalue weighted by Crippen LogP contribution is 2.38. The van der Waals surface area contributed by atoms with Crippen LogP contribution in [0, 0.1) is 0 Å². The van der Waals surface area contributed by atoms with E-state index in [1.54, 1.807) is 36.2 Å². The van der Waals surface area contributed by atoms with Crippen LogP contribution in [0.1, 0.15) is 16.1 Å². The van der Waals surface area contributed by atoms with Gasteiger partial charge in [0.05, 0.1) is 36.5 Å². The topological polar surface area (TPSA) is 61.1 Å². The van der Waals surface area contributed by atoms with Gasteiger partial charge >= 0.3 is 0 Å². The molecule has 1 fully saturated rings. The molecule has 0 atom stereocenters. The molecule has 4 rings (SSSR count). The fourth-order valence-electron chi connectivity index (χ4n) is 3.13. The predicted molar refractivity (Wildman–Crippen MR) is 115 cm³/mol. The Morgan fingerprint density at radius 1 is 1.24 bits per heavy atom. The van der Waals surface area contributed by atoms with Gasteiger partial charge < -0.3 is 18.6 Å². The van der Waals surface area contributed by atoms with Gasteiger partial charge in [0.2, 0.25) is 0 Å². The van der Waals surface area contributed by atoms with E-state index in [2.05, 4.69) is 4.90 Å². The summed E-state index contributed by atoms with van der Waals surface area (Å²) in [4.78, 5) is 16.1. The Balaban J connectivity index is 0.00000240. The first-order chi connectivity index (χ1) is 13.8. The minimum atomic E-state index is -0.119. The lowest BCUT2D eigenvalue weighted by Gasteiger charge is -2.26. The average molecular weight is 438 g/mol. The number of carbonyl (C=O) groups excluding carboxylic acids is 1. The van der Waals surface area contributed by atoms with Crippen molar-refractivity contribution in [3.8, 4) is 11.5 Å². The first-order valence-corrected chi connectivity index (χ1v) is 10.4. The molecular weight excluding hydrogens is 414 g/mol.